The van der Waals surface area contributed by atoms with Gasteiger partial charge in [-0.25, -0.2) is 0 Å². The molecule has 0 saturated carbocycles. The molecule has 4 atom stereocenters. The predicted molar refractivity (Wildman–Crippen MR) is 157 cm³/mol. The number of allylic oxidation sites excluding steroid dienone is 1. The number of aliphatic hydroxyl groups excluding tert-OH is 1. The first-order valence-electron chi connectivity index (χ1n) is 13.6. The number of nitrogens with zero attached hydrogens (tertiary/aromatic N) is 4. The Morgan fingerprint density at radius 2 is 1.45 bits per heavy atom. The molecular weight excluding hydrogens is 513 g/mol. The van der Waals surface area contributed by atoms with Crippen LogP contribution in [0.15, 0.2) is 5.70 Å². The maximum absolute atomic E-state index is 13.1. The zero-order valence-electron chi connectivity index (χ0n) is 24.5. The summed E-state index contributed by atoms with van der Waals surface area (Å²) in [4.78, 5) is 28.1. The first-order chi connectivity index (χ1) is 18.6. The van der Waals surface area contributed by atoms with Crippen LogP contribution >= 0.6 is 0 Å². The van der Waals surface area contributed by atoms with E-state index in [0.29, 0.717) is 10.6 Å². The van der Waals surface area contributed by atoms with Gasteiger partial charge in [-0.3, -0.25) is 4.79 Å². The van der Waals surface area contributed by atoms with Crippen LogP contribution in [-0.4, -0.2) is 47.3 Å². The summed E-state index contributed by atoms with van der Waals surface area (Å²) in [5.74, 6) is -1.12. The van der Waals surface area contributed by atoms with Crippen molar-refractivity contribution in [3.05, 3.63) is 77.2 Å². The van der Waals surface area contributed by atoms with E-state index in [1.165, 1.54) is 7.11 Å². The zero-order valence-corrected chi connectivity index (χ0v) is 25.9. The molecule has 3 aromatic rings. The fourth-order valence-electron chi connectivity index (χ4n) is 6.56. The molecule has 8 heteroatoms. The maximum atomic E-state index is 13.1. The molecule has 3 aromatic heterocycles. The molecule has 1 fully saturated rings. The molecule has 1 aliphatic carbocycles. The van der Waals surface area contributed by atoms with E-state index >= 15 is 0 Å². The first kappa shape index (κ1) is 28.4. The smallest absolute Gasteiger partial charge is 0.681 e. The Morgan fingerprint density at radius 1 is 0.875 bits per heavy atom. The molecule has 7 nitrogen and oxygen atoms in total. The topological polar surface area (TPSA) is 103 Å². The standard InChI is InChI=1S/C32H34N4O3.Mg/c1-9-19-17(6)24-11-22-15(4)13(2)20(33-22)10-21-14(3)16(5)23(34-21)12-25-18(7)26-30(36-25)27(29(19)35-24)28(31(26)37)32(38)39-8;/h10-12,17,19,28-29,37H,9H2,1-8H3;/q-4;+2/b21-10-,23-12-,24-11-;/t17-,19-,28+,29?;/m0./s1. The number of fused-ring (bicyclic) bond motifs is 8. The Bertz CT molecular complexity index is 1830. The third-order valence-electron chi connectivity index (χ3n) is 9.35. The van der Waals surface area contributed by atoms with Crippen molar-refractivity contribution in [3.8, 4) is 0 Å². The van der Waals surface area contributed by atoms with Crippen molar-refractivity contribution in [2.24, 2.45) is 17.8 Å². The summed E-state index contributed by atoms with van der Waals surface area (Å²) in [6.07, 6.45) is 7.01. The van der Waals surface area contributed by atoms with Crippen LogP contribution < -0.4 is 36.2 Å². The van der Waals surface area contributed by atoms with E-state index in [9.17, 15) is 9.90 Å². The van der Waals surface area contributed by atoms with Crippen LogP contribution in [0.4, 0.5) is 0 Å². The van der Waals surface area contributed by atoms with Gasteiger partial charge in [0.2, 0.25) is 0 Å². The Morgan fingerprint density at radius 3 is 2.02 bits per heavy atom. The molecule has 5 heterocycles. The van der Waals surface area contributed by atoms with Gasteiger partial charge in [-0.2, -0.15) is 5.70 Å². The minimum atomic E-state index is -0.914. The van der Waals surface area contributed by atoms with Crippen LogP contribution in [0.25, 0.3) is 34.9 Å². The summed E-state index contributed by atoms with van der Waals surface area (Å²) >= 11 is 0. The van der Waals surface area contributed by atoms with Gasteiger partial charge < -0.3 is 30.1 Å². The fourth-order valence-corrected chi connectivity index (χ4v) is 6.56. The molecule has 6 rings (SSSR count). The molecule has 0 spiro atoms. The third kappa shape index (κ3) is 3.94. The molecule has 1 unspecified atom stereocenters. The number of methoxy groups -OCH3 is 1. The summed E-state index contributed by atoms with van der Waals surface area (Å²) in [6, 6.07) is -0.311. The number of ether oxygens (including phenoxy) is 1. The van der Waals surface area contributed by atoms with Crippen LogP contribution in [0, 0.1) is 52.4 Å². The Labute approximate surface area is 250 Å². The van der Waals surface area contributed by atoms with E-state index in [-0.39, 0.29) is 46.7 Å². The van der Waals surface area contributed by atoms with E-state index in [1.807, 2.05) is 13.0 Å². The SMILES string of the molecule is CC[C@@H]1C2[N-]/C(=C\c3[n-]c(c(C)c3C)/C=c3\[n-]/c(c(C)c3C)=C\c3[n-]c4c(c3C)=C(O)[C@H](C(=O)OC)C=42)[C@H]1C.[Mg+2]. The quantitative estimate of drug-likeness (QED) is 0.388. The number of carbonyl (C=O) groups is 1. The number of rotatable bonds is 2. The van der Waals surface area contributed by atoms with Crippen LogP contribution in [0.5, 0.6) is 0 Å². The fraction of sp³-hybridized carbons (Fsp3) is 0.406. The third-order valence-corrected chi connectivity index (χ3v) is 9.35. The molecule has 204 valence electrons. The molecule has 2 aliphatic heterocycles. The summed E-state index contributed by atoms with van der Waals surface area (Å²) < 4.78 is 5.18. The minimum Gasteiger partial charge on any atom is -0.681 e. The van der Waals surface area contributed by atoms with Crippen LogP contribution in [0.3, 0.4) is 0 Å². The molecule has 0 radical (unpaired) electrons. The van der Waals surface area contributed by atoms with Gasteiger partial charge >= 0.3 is 29.0 Å². The van der Waals surface area contributed by atoms with E-state index in [4.69, 9.17) is 25.0 Å². The van der Waals surface area contributed by atoms with Gasteiger partial charge in [0.05, 0.1) is 7.11 Å². The van der Waals surface area contributed by atoms with Crippen molar-refractivity contribution in [1.82, 2.24) is 15.0 Å². The maximum Gasteiger partial charge on any atom is 2.00 e. The molecule has 3 aliphatic rings. The normalized spacial score (nSPS) is 25.8. The van der Waals surface area contributed by atoms with Gasteiger partial charge in [0.25, 0.3) is 0 Å². The molecule has 1 N–H and O–H groups in total. The van der Waals surface area contributed by atoms with Crippen molar-refractivity contribution < 1.29 is 14.6 Å². The van der Waals surface area contributed by atoms with Gasteiger partial charge in [-0.15, -0.1) is 33.1 Å². The van der Waals surface area contributed by atoms with Crippen molar-refractivity contribution in [2.45, 2.75) is 60.9 Å². The second-order valence-electron chi connectivity index (χ2n) is 11.2. The minimum absolute atomic E-state index is 0. The second kappa shape index (κ2) is 10.1. The van der Waals surface area contributed by atoms with Crippen LogP contribution in [0.1, 0.15) is 65.2 Å². The Balaban J connectivity index is 0.00000323. The van der Waals surface area contributed by atoms with Crippen molar-refractivity contribution in [3.63, 3.8) is 0 Å². The second-order valence-corrected chi connectivity index (χ2v) is 11.2. The molecule has 0 amide bonds. The van der Waals surface area contributed by atoms with Gasteiger partial charge in [0, 0.05) is 5.22 Å². The molecule has 1 saturated heterocycles. The van der Waals surface area contributed by atoms with Gasteiger partial charge in [-0.05, 0) is 46.5 Å². The molecular formula is C32H34MgN4O3-2. The molecule has 8 bridgehead atoms. The largest absolute Gasteiger partial charge is 2.00 e. The van der Waals surface area contributed by atoms with E-state index in [2.05, 4.69) is 53.7 Å². The first-order valence-corrected chi connectivity index (χ1v) is 13.6. The number of aliphatic hydroxyl groups is 1. The monoisotopic (exact) mass is 546 g/mol. The van der Waals surface area contributed by atoms with Crippen molar-refractivity contribution in [1.29, 1.82) is 0 Å². The summed E-state index contributed by atoms with van der Waals surface area (Å²) in [5, 5.41) is 19.7. The Kier molecular flexibility index (Phi) is 7.15. The number of aromatic nitrogens is 3. The number of hydrogen-bond donors (Lipinski definition) is 1. The summed E-state index contributed by atoms with van der Waals surface area (Å²) in [7, 11) is 1.36. The Hall–Kier alpha value is -3.10. The van der Waals surface area contributed by atoms with Gasteiger partial charge in [0.15, 0.2) is 0 Å². The van der Waals surface area contributed by atoms with Gasteiger partial charge in [-0.1, -0.05) is 77.9 Å². The van der Waals surface area contributed by atoms with E-state index in [1.54, 1.807) is 0 Å². The van der Waals surface area contributed by atoms with Gasteiger partial charge in [0.1, 0.15) is 11.7 Å². The predicted octanol–water partition coefficient (Wildman–Crippen LogP) is 1.77. The average Bonchev–Trinajstić information content (AvgIpc) is 3.64. The number of esters is 1. The molecule has 0 aromatic carbocycles. The number of carbonyl (C=O) groups excluding carboxylic acids is 1. The zero-order chi connectivity index (χ0) is 27.9. The average molecular weight is 547 g/mol. The van der Waals surface area contributed by atoms with E-state index in [0.717, 1.165) is 73.3 Å². The van der Waals surface area contributed by atoms with Crippen LogP contribution in [-0.2, 0) is 9.53 Å². The van der Waals surface area contributed by atoms with E-state index < -0.39 is 11.9 Å². The van der Waals surface area contributed by atoms with Crippen LogP contribution in [0.2, 0.25) is 0 Å². The summed E-state index contributed by atoms with van der Waals surface area (Å²) in [5.41, 5.74) is 9.49. The number of hydrogen-bond acceptors (Lipinski definition) is 3. The van der Waals surface area contributed by atoms with Crippen molar-refractivity contribution >= 4 is 58.6 Å². The molecule has 40 heavy (non-hydrogen) atoms. The van der Waals surface area contributed by atoms with Crippen molar-refractivity contribution in [2.75, 3.05) is 7.11 Å². The summed E-state index contributed by atoms with van der Waals surface area (Å²) in [6.45, 7) is 14.6.